The molecule has 0 aliphatic rings. The zero-order chi connectivity index (χ0) is 36.3. The standard InChI is InChI=1S/C45H38N6O.Pt/c1-45(2,3)28-20-21-46-38(24-28)51-37-26-31(52-30-13-11-12-29(25-30)50-23-22-47(4)27-50)18-19-34(37)41-42-39(32-14-7-9-16-35(32)48(42)5)40-33-15-8-10-17-36(33)49(6)43(40)44(41)51;/h7-26H,1-6H3;. The number of benzene rings is 5. The molecule has 8 heteroatoms. The van der Waals surface area contributed by atoms with Crippen LogP contribution in [0.1, 0.15) is 26.3 Å². The second kappa shape index (κ2) is 11.4. The Labute approximate surface area is 317 Å². The zero-order valence-electron chi connectivity index (χ0n) is 30.5. The Morgan fingerprint density at radius 1 is 0.604 bits per heavy atom. The van der Waals surface area contributed by atoms with Crippen LogP contribution in [0.5, 0.6) is 11.5 Å². The fourth-order valence-electron chi connectivity index (χ4n) is 8.37. The van der Waals surface area contributed by atoms with Crippen molar-refractivity contribution in [3.05, 3.63) is 131 Å². The molecule has 0 atom stereocenters. The van der Waals surface area contributed by atoms with E-state index >= 15 is 0 Å². The van der Waals surface area contributed by atoms with Gasteiger partial charge in [-0.3, -0.25) is 0 Å². The van der Waals surface area contributed by atoms with E-state index < -0.39 is 0 Å². The maximum atomic E-state index is 6.71. The number of hydrogen-bond acceptors (Lipinski definition) is 2. The Bertz CT molecular complexity index is 3200. The Hall–Kier alpha value is -5.65. The molecule has 0 bridgehead atoms. The van der Waals surface area contributed by atoms with Gasteiger partial charge in [0.2, 0.25) is 0 Å². The first-order valence-corrected chi connectivity index (χ1v) is 19.0. The van der Waals surface area contributed by atoms with Crippen LogP contribution in [0.2, 0.25) is 0 Å². The first-order valence-electron chi connectivity index (χ1n) is 17.9. The molecular weight excluding hydrogens is 836 g/mol. The second-order valence-corrected chi connectivity index (χ2v) is 16.1. The average Bonchev–Trinajstić information content (AvgIpc) is 3.86. The monoisotopic (exact) mass is 873 g/mol. The van der Waals surface area contributed by atoms with E-state index in [0.29, 0.717) is 0 Å². The van der Waals surface area contributed by atoms with Crippen molar-refractivity contribution in [2.24, 2.45) is 21.1 Å². The van der Waals surface area contributed by atoms with Crippen LogP contribution in [0, 0.1) is 3.80 Å². The molecular formula is C45H38N6OPt. The molecule has 0 saturated carbocycles. The predicted octanol–water partition coefficient (Wildman–Crippen LogP) is 10.8. The van der Waals surface area contributed by atoms with Gasteiger partial charge in [-0.25, -0.2) is 0 Å². The van der Waals surface area contributed by atoms with Crippen LogP contribution in [0.3, 0.4) is 0 Å². The molecule has 0 spiro atoms. The number of ether oxygens (including phenoxy) is 1. The van der Waals surface area contributed by atoms with Gasteiger partial charge >= 0.3 is 170 Å². The molecule has 0 radical (unpaired) electrons. The second-order valence-electron chi connectivity index (χ2n) is 15.1. The molecule has 0 unspecified atom stereocenters. The summed E-state index contributed by atoms with van der Waals surface area (Å²) in [6, 6.07) is 36.8. The molecule has 53 heavy (non-hydrogen) atoms. The van der Waals surface area contributed by atoms with Gasteiger partial charge < -0.3 is 9.13 Å². The van der Waals surface area contributed by atoms with Crippen molar-refractivity contribution in [1.29, 1.82) is 0 Å². The van der Waals surface area contributed by atoms with E-state index in [9.17, 15) is 0 Å². The number of aryl methyl sites for hydroxylation is 3. The summed E-state index contributed by atoms with van der Waals surface area (Å²) in [6.07, 6.45) is 6.09. The molecule has 7 nitrogen and oxygen atoms in total. The van der Waals surface area contributed by atoms with Gasteiger partial charge in [0.05, 0.1) is 0 Å². The third kappa shape index (κ3) is 4.63. The van der Waals surface area contributed by atoms with E-state index in [1.54, 1.807) is 0 Å². The summed E-state index contributed by atoms with van der Waals surface area (Å²) in [7, 11) is 6.46. The third-order valence-corrected chi connectivity index (χ3v) is 12.3. The van der Waals surface area contributed by atoms with Crippen molar-refractivity contribution in [3.63, 3.8) is 0 Å². The van der Waals surface area contributed by atoms with Crippen molar-refractivity contribution in [1.82, 2.24) is 27.8 Å². The minimum atomic E-state index is -0.0531. The van der Waals surface area contributed by atoms with Crippen LogP contribution in [0.15, 0.2) is 122 Å². The Kier molecular flexibility index (Phi) is 6.90. The Balaban J connectivity index is 1.34. The van der Waals surface area contributed by atoms with Crippen LogP contribution in [0.25, 0.3) is 76.9 Å². The summed E-state index contributed by atoms with van der Waals surface area (Å²) in [5, 5.41) is 7.41. The molecule has 0 saturated heterocycles. The summed E-state index contributed by atoms with van der Waals surface area (Å²) in [6.45, 7) is 6.77. The number of imidazole rings is 1. The summed E-state index contributed by atoms with van der Waals surface area (Å²) < 4.78 is 19.2. The molecule has 264 valence electrons. The normalized spacial score (nSPS) is 12.5. The number of rotatable bonds is 4. The Morgan fingerprint density at radius 3 is 1.96 bits per heavy atom. The summed E-state index contributed by atoms with van der Waals surface area (Å²) in [5.74, 6) is 2.42. The molecule has 10 aromatic rings. The third-order valence-electron chi connectivity index (χ3n) is 10.9. The van der Waals surface area contributed by atoms with Crippen molar-refractivity contribution >= 4 is 65.4 Å². The van der Waals surface area contributed by atoms with Crippen molar-refractivity contribution in [2.75, 3.05) is 0 Å². The molecule has 0 aliphatic carbocycles. The van der Waals surface area contributed by atoms with Gasteiger partial charge in [0, 0.05) is 52.9 Å². The van der Waals surface area contributed by atoms with Gasteiger partial charge in [0.15, 0.2) is 0 Å². The fourth-order valence-corrected chi connectivity index (χ4v) is 9.00. The van der Waals surface area contributed by atoms with Crippen LogP contribution in [-0.2, 0) is 45.9 Å². The number of hydrogen-bond donors (Lipinski definition) is 0. The molecule has 0 N–H and O–H groups in total. The van der Waals surface area contributed by atoms with Crippen molar-refractivity contribution < 1.29 is 24.1 Å². The Morgan fingerprint density at radius 2 is 1.26 bits per heavy atom. The topological polar surface area (TPSA) is 46.8 Å². The van der Waals surface area contributed by atoms with E-state index in [0.717, 1.165) is 43.2 Å². The van der Waals surface area contributed by atoms with Crippen molar-refractivity contribution in [2.45, 2.75) is 26.2 Å². The average molecular weight is 874 g/mol. The molecule has 0 amide bonds. The van der Waals surface area contributed by atoms with E-state index in [2.05, 4.69) is 187 Å². The van der Waals surface area contributed by atoms with Gasteiger partial charge in [-0.2, -0.15) is 0 Å². The molecule has 5 aromatic heterocycles. The van der Waals surface area contributed by atoms with Crippen molar-refractivity contribution in [3.8, 4) is 23.0 Å². The number of para-hydroxylation sites is 2. The number of nitrogens with zero attached hydrogens (tertiary/aromatic N) is 6. The maximum absolute atomic E-state index is 6.71. The van der Waals surface area contributed by atoms with Gasteiger partial charge in [0.25, 0.3) is 0 Å². The molecule has 5 aromatic carbocycles. The molecule has 10 rings (SSSR count). The van der Waals surface area contributed by atoms with Gasteiger partial charge in [-0.15, -0.1) is 0 Å². The van der Waals surface area contributed by atoms with E-state index in [4.69, 9.17) is 9.72 Å². The van der Waals surface area contributed by atoms with Gasteiger partial charge in [-0.05, 0) is 29.2 Å². The zero-order valence-corrected chi connectivity index (χ0v) is 32.7. The van der Waals surface area contributed by atoms with Crippen LogP contribution in [0.4, 0.5) is 0 Å². The molecule has 0 aliphatic heterocycles. The van der Waals surface area contributed by atoms with Crippen LogP contribution < -0.4 is 4.74 Å². The van der Waals surface area contributed by atoms with E-state index in [1.807, 2.05) is 18.3 Å². The minimum absolute atomic E-state index is 0.0531. The fraction of sp³-hybridized carbons (Fsp3) is 0.156. The summed E-state index contributed by atoms with van der Waals surface area (Å²) in [4.78, 5) is 5.10. The van der Waals surface area contributed by atoms with Gasteiger partial charge in [0.1, 0.15) is 0 Å². The number of aromatic nitrogens is 6. The molecule has 5 heterocycles. The predicted molar refractivity (Wildman–Crippen MR) is 213 cm³/mol. The first-order chi connectivity index (χ1) is 25.6. The van der Waals surface area contributed by atoms with Crippen LogP contribution in [-0.4, -0.2) is 27.8 Å². The quantitative estimate of drug-likeness (QED) is 0.177. The first kappa shape index (κ1) is 32.0. The van der Waals surface area contributed by atoms with E-state index in [-0.39, 0.29) is 5.41 Å². The van der Waals surface area contributed by atoms with Crippen LogP contribution >= 0.6 is 0 Å². The van der Waals surface area contributed by atoms with Gasteiger partial charge in [-0.1, -0.05) is 57.2 Å². The number of pyridine rings is 1. The summed E-state index contributed by atoms with van der Waals surface area (Å²) in [5.41, 5.74) is 9.23. The number of fused-ring (bicyclic) bond motifs is 12. The molecule has 0 fully saturated rings. The van der Waals surface area contributed by atoms with E-state index in [1.165, 1.54) is 54.6 Å². The SMILES string of the molecule is Cn1ccn(-c2cccc(Oc3ccc4c5c6c(c7ccccc7n6C)c6c7ccccc7n(C)c6c5n(-c5cc(C(C)(C)C)ccn5)c4c3)c2)[c]1=[Pt]. The summed E-state index contributed by atoms with van der Waals surface area (Å²) >= 11 is 2.35.